The average Bonchev–Trinajstić information content (AvgIpc) is 2.97. The van der Waals surface area contributed by atoms with E-state index in [0.29, 0.717) is 22.7 Å². The predicted octanol–water partition coefficient (Wildman–Crippen LogP) is 3.07. The summed E-state index contributed by atoms with van der Waals surface area (Å²) in [5, 5.41) is 9.80. The van der Waals surface area contributed by atoms with Crippen LogP contribution < -0.4 is 4.74 Å². The summed E-state index contributed by atoms with van der Waals surface area (Å²) in [6, 6.07) is 4.64. The van der Waals surface area contributed by atoms with Crippen molar-refractivity contribution in [2.45, 2.75) is 18.8 Å². The van der Waals surface area contributed by atoms with E-state index in [-0.39, 0.29) is 5.75 Å². The number of benzene rings is 1. The molecule has 0 saturated heterocycles. The van der Waals surface area contributed by atoms with Gasteiger partial charge in [-0.05, 0) is 31.0 Å². The Morgan fingerprint density at radius 2 is 2.35 bits per heavy atom. The summed E-state index contributed by atoms with van der Waals surface area (Å²) < 4.78 is 18.6. The number of thiazole rings is 1. The van der Waals surface area contributed by atoms with Gasteiger partial charge in [-0.1, -0.05) is 0 Å². The van der Waals surface area contributed by atoms with Crippen LogP contribution in [-0.2, 0) is 11.2 Å². The molecule has 1 heterocycles. The molecule has 20 heavy (non-hydrogen) atoms. The minimum Gasteiger partial charge on any atom is -0.494 e. The quantitative estimate of drug-likeness (QED) is 0.944. The number of methoxy groups -OCH3 is 1. The first-order valence-corrected chi connectivity index (χ1v) is 6.98. The molecule has 0 radical (unpaired) electrons. The van der Waals surface area contributed by atoms with Gasteiger partial charge in [0.05, 0.1) is 12.8 Å². The monoisotopic (exact) mass is 293 g/mol. The molecule has 3 rings (SSSR count). The van der Waals surface area contributed by atoms with Gasteiger partial charge < -0.3 is 9.84 Å². The summed E-state index contributed by atoms with van der Waals surface area (Å²) in [7, 11) is 1.41. The number of halogens is 1. The highest BCUT2D eigenvalue weighted by Crippen LogP contribution is 2.40. The van der Waals surface area contributed by atoms with Gasteiger partial charge in [0.25, 0.3) is 0 Å². The van der Waals surface area contributed by atoms with E-state index in [9.17, 15) is 9.18 Å². The van der Waals surface area contributed by atoms with Crippen molar-refractivity contribution in [1.29, 1.82) is 0 Å². The molecule has 0 fully saturated rings. The number of hydrogen-bond acceptors (Lipinski definition) is 4. The summed E-state index contributed by atoms with van der Waals surface area (Å²) in [6.07, 6.45) is 1.32. The molecule has 4 nitrogen and oxygen atoms in total. The molecule has 1 aliphatic rings. The van der Waals surface area contributed by atoms with E-state index in [2.05, 4.69) is 4.98 Å². The molecule has 0 bridgehead atoms. The highest BCUT2D eigenvalue weighted by molar-refractivity contribution is 7.15. The lowest BCUT2D eigenvalue weighted by Crippen LogP contribution is -2.08. The van der Waals surface area contributed by atoms with Crippen molar-refractivity contribution in [3.63, 3.8) is 0 Å². The average molecular weight is 293 g/mol. The number of carbonyl (C=O) groups is 1. The Balaban J connectivity index is 1.99. The number of nitrogens with zero attached hydrogens (tertiary/aromatic N) is 1. The Morgan fingerprint density at radius 3 is 3.00 bits per heavy atom. The largest absolute Gasteiger partial charge is 0.494 e. The number of aryl methyl sites for hydroxylation is 1. The number of carboxylic acids is 1. The van der Waals surface area contributed by atoms with Crippen LogP contribution >= 0.6 is 11.3 Å². The molecular weight excluding hydrogens is 281 g/mol. The van der Waals surface area contributed by atoms with Crippen molar-refractivity contribution >= 4 is 17.3 Å². The Bertz CT molecular complexity index is 683. The molecule has 6 heteroatoms. The normalized spacial score (nSPS) is 17.0. The van der Waals surface area contributed by atoms with E-state index >= 15 is 0 Å². The van der Waals surface area contributed by atoms with Crippen LogP contribution in [0.3, 0.4) is 0 Å². The summed E-state index contributed by atoms with van der Waals surface area (Å²) in [4.78, 5) is 16.5. The van der Waals surface area contributed by atoms with Gasteiger partial charge in [0.15, 0.2) is 11.6 Å². The number of aromatic nitrogens is 1. The van der Waals surface area contributed by atoms with Crippen LogP contribution in [0.2, 0.25) is 0 Å². The number of rotatable bonds is 3. The molecule has 1 unspecified atom stereocenters. The van der Waals surface area contributed by atoms with Gasteiger partial charge in [-0.2, -0.15) is 0 Å². The first-order chi connectivity index (χ1) is 9.60. The molecule has 1 aliphatic carbocycles. The van der Waals surface area contributed by atoms with Crippen LogP contribution in [-0.4, -0.2) is 23.2 Å². The third-order valence-electron chi connectivity index (χ3n) is 3.41. The van der Waals surface area contributed by atoms with Crippen LogP contribution in [0.25, 0.3) is 10.6 Å². The molecule has 1 N–H and O–H groups in total. The molecule has 1 aromatic carbocycles. The van der Waals surface area contributed by atoms with Crippen LogP contribution in [0.15, 0.2) is 18.2 Å². The van der Waals surface area contributed by atoms with Crippen molar-refractivity contribution in [2.24, 2.45) is 0 Å². The fourth-order valence-electron chi connectivity index (χ4n) is 2.39. The Morgan fingerprint density at radius 1 is 1.55 bits per heavy atom. The van der Waals surface area contributed by atoms with E-state index in [0.717, 1.165) is 11.3 Å². The van der Waals surface area contributed by atoms with Crippen molar-refractivity contribution in [3.05, 3.63) is 34.6 Å². The van der Waals surface area contributed by atoms with Crippen LogP contribution in [0.1, 0.15) is 22.9 Å². The van der Waals surface area contributed by atoms with Gasteiger partial charge in [-0.25, -0.2) is 9.37 Å². The fourth-order valence-corrected chi connectivity index (χ4v) is 3.52. The fraction of sp³-hybridized carbons (Fsp3) is 0.286. The standard InChI is InChI=1S/C14H12FNO3S/c1-19-10-4-2-7(6-9(10)15)13-16-12-8(14(17)18)3-5-11(12)20-13/h2,4,6,8H,3,5H2,1H3,(H,17,18). The predicted molar refractivity (Wildman–Crippen MR) is 72.8 cm³/mol. The lowest BCUT2D eigenvalue weighted by atomic mass is 10.1. The molecule has 0 aliphatic heterocycles. The molecule has 2 aromatic rings. The lowest BCUT2D eigenvalue weighted by Gasteiger charge is -2.04. The maximum absolute atomic E-state index is 13.7. The van der Waals surface area contributed by atoms with Gasteiger partial charge >= 0.3 is 5.97 Å². The lowest BCUT2D eigenvalue weighted by molar-refractivity contribution is -0.138. The smallest absolute Gasteiger partial charge is 0.312 e. The van der Waals surface area contributed by atoms with Crippen molar-refractivity contribution in [1.82, 2.24) is 4.98 Å². The second-order valence-corrected chi connectivity index (χ2v) is 5.69. The second-order valence-electron chi connectivity index (χ2n) is 4.61. The first-order valence-electron chi connectivity index (χ1n) is 6.16. The Hall–Kier alpha value is -1.95. The highest BCUT2D eigenvalue weighted by atomic mass is 32.1. The van der Waals surface area contributed by atoms with E-state index in [1.54, 1.807) is 12.1 Å². The Labute approximate surface area is 118 Å². The Kier molecular flexibility index (Phi) is 3.17. The van der Waals surface area contributed by atoms with Gasteiger partial charge in [0, 0.05) is 10.4 Å². The number of carboxylic acid groups (broad SMARTS) is 1. The molecule has 1 atom stereocenters. The minimum absolute atomic E-state index is 0.182. The third-order valence-corrected chi connectivity index (χ3v) is 4.59. The van der Waals surface area contributed by atoms with Crippen molar-refractivity contribution in [2.75, 3.05) is 7.11 Å². The highest BCUT2D eigenvalue weighted by Gasteiger charge is 2.32. The molecule has 0 saturated carbocycles. The topological polar surface area (TPSA) is 59.4 Å². The van der Waals surface area contributed by atoms with E-state index in [4.69, 9.17) is 9.84 Å². The van der Waals surface area contributed by atoms with E-state index in [1.807, 2.05) is 0 Å². The maximum Gasteiger partial charge on any atom is 0.312 e. The summed E-state index contributed by atoms with van der Waals surface area (Å²) in [5.41, 5.74) is 1.28. The zero-order valence-corrected chi connectivity index (χ0v) is 11.5. The summed E-state index contributed by atoms with van der Waals surface area (Å²) >= 11 is 1.44. The number of aliphatic carboxylic acids is 1. The van der Waals surface area contributed by atoms with Gasteiger partial charge in [0.1, 0.15) is 10.9 Å². The van der Waals surface area contributed by atoms with Crippen molar-refractivity contribution < 1.29 is 19.0 Å². The zero-order valence-electron chi connectivity index (χ0n) is 10.7. The molecule has 0 amide bonds. The van der Waals surface area contributed by atoms with E-state index < -0.39 is 17.7 Å². The van der Waals surface area contributed by atoms with Gasteiger partial charge in [-0.15, -0.1) is 11.3 Å². The summed E-state index contributed by atoms with van der Waals surface area (Å²) in [5.74, 6) is -1.64. The minimum atomic E-state index is -0.846. The van der Waals surface area contributed by atoms with Crippen LogP contribution in [0, 0.1) is 5.82 Å². The number of hydrogen-bond donors (Lipinski definition) is 1. The van der Waals surface area contributed by atoms with Gasteiger partial charge in [0.2, 0.25) is 0 Å². The van der Waals surface area contributed by atoms with Crippen molar-refractivity contribution in [3.8, 4) is 16.3 Å². The second kappa shape index (κ2) is 4.86. The first kappa shape index (κ1) is 13.1. The number of ether oxygens (including phenoxy) is 1. The zero-order chi connectivity index (χ0) is 14.3. The maximum atomic E-state index is 13.7. The SMILES string of the molecule is COc1ccc(-c2nc3c(s2)CCC3C(=O)O)cc1F. The molecule has 104 valence electrons. The van der Waals surface area contributed by atoms with E-state index in [1.165, 1.54) is 24.5 Å². The van der Waals surface area contributed by atoms with Crippen LogP contribution in [0.4, 0.5) is 4.39 Å². The number of fused-ring (bicyclic) bond motifs is 1. The summed E-state index contributed by atoms with van der Waals surface area (Å²) in [6.45, 7) is 0. The molecular formula is C14H12FNO3S. The van der Waals surface area contributed by atoms with Crippen LogP contribution in [0.5, 0.6) is 5.75 Å². The molecule has 0 spiro atoms. The van der Waals surface area contributed by atoms with Gasteiger partial charge in [-0.3, -0.25) is 4.79 Å². The third kappa shape index (κ3) is 2.06. The molecule has 1 aromatic heterocycles.